The molecule has 1 aromatic carbocycles. The molecule has 1 aliphatic heterocycles. The molecule has 4 amide bonds. The summed E-state index contributed by atoms with van der Waals surface area (Å²) in [5.74, 6) is -2.17. The largest absolute Gasteiger partial charge is 0.344 e. The minimum atomic E-state index is -1.23. The molecule has 0 aliphatic carbocycles. The summed E-state index contributed by atoms with van der Waals surface area (Å²) in [6, 6.07) is 9.33. The Bertz CT molecular complexity index is 910. The summed E-state index contributed by atoms with van der Waals surface area (Å²) < 4.78 is 11.7. The summed E-state index contributed by atoms with van der Waals surface area (Å²) in [5, 5.41) is 7.57. The van der Waals surface area contributed by atoms with Crippen molar-refractivity contribution >= 4 is 23.5 Å². The van der Waals surface area contributed by atoms with Gasteiger partial charge in [-0.3, -0.25) is 19.9 Å². The van der Waals surface area contributed by atoms with Crippen LogP contribution in [-0.2, 0) is 15.3 Å². The predicted octanol–water partition coefficient (Wildman–Crippen LogP) is 2.01. The number of nitrogens with one attached hydrogen (secondary N) is 3. The highest BCUT2D eigenvalue weighted by Gasteiger charge is 2.36. The fraction of sp³-hybridized carbons (Fsp3) is 0.300. The van der Waals surface area contributed by atoms with Crippen molar-refractivity contribution in [3.63, 3.8) is 0 Å². The van der Waals surface area contributed by atoms with Crippen LogP contribution in [0, 0.1) is 0 Å². The van der Waals surface area contributed by atoms with Crippen molar-refractivity contribution in [3.8, 4) is 0 Å². The van der Waals surface area contributed by atoms with E-state index in [0.29, 0.717) is 24.6 Å². The van der Waals surface area contributed by atoms with E-state index in [1.165, 1.54) is 12.1 Å². The van der Waals surface area contributed by atoms with Crippen molar-refractivity contribution in [1.82, 2.24) is 15.6 Å². The van der Waals surface area contributed by atoms with Gasteiger partial charge in [-0.2, -0.15) is 0 Å². The molecule has 0 saturated heterocycles. The Kier molecular flexibility index (Phi) is 6.20. The zero-order valence-corrected chi connectivity index (χ0v) is 16.2. The van der Waals surface area contributed by atoms with Gasteiger partial charge in [0.15, 0.2) is 0 Å². The number of nitrogens with zero attached hydrogens (tertiary/aromatic N) is 1. The number of ether oxygens (including phenoxy) is 2. The number of rotatable bonds is 8. The van der Waals surface area contributed by atoms with E-state index in [9.17, 15) is 14.4 Å². The second-order valence-corrected chi connectivity index (χ2v) is 6.19. The molecule has 0 radical (unpaired) electrons. The highest BCUT2D eigenvalue weighted by molar-refractivity contribution is 6.22. The number of aromatic nitrogens is 1. The lowest BCUT2D eigenvalue weighted by atomic mass is 10.1. The van der Waals surface area contributed by atoms with E-state index in [1.807, 2.05) is 19.9 Å². The molecule has 29 heavy (non-hydrogen) atoms. The Morgan fingerprint density at radius 2 is 1.79 bits per heavy atom. The van der Waals surface area contributed by atoms with Crippen LogP contribution in [0.1, 0.15) is 40.3 Å². The molecule has 0 fully saturated rings. The maximum atomic E-state index is 12.4. The predicted molar refractivity (Wildman–Crippen MR) is 104 cm³/mol. The van der Waals surface area contributed by atoms with Crippen molar-refractivity contribution in [2.24, 2.45) is 0 Å². The Labute approximate surface area is 167 Å². The normalized spacial score (nSPS) is 13.0. The number of carbonyl (C=O) groups excluding carboxylic acids is 3. The topological polar surface area (TPSA) is 119 Å². The van der Waals surface area contributed by atoms with Crippen LogP contribution in [0.3, 0.4) is 0 Å². The first kappa shape index (κ1) is 20.4. The van der Waals surface area contributed by atoms with E-state index in [2.05, 4.69) is 20.9 Å². The summed E-state index contributed by atoms with van der Waals surface area (Å²) in [4.78, 5) is 40.1. The average Bonchev–Trinajstić information content (AvgIpc) is 3.00. The molecule has 3 N–H and O–H groups in total. The van der Waals surface area contributed by atoms with Crippen LogP contribution in [0.4, 0.5) is 10.5 Å². The number of hydrogen-bond acceptors (Lipinski definition) is 6. The molecule has 2 heterocycles. The standard InChI is InChI=1S/C20H22N4O5/c1-3-28-20(29-4-2,16-7-5-6-10-21-16)12-22-19(27)23-13-8-9-14-15(11-13)18(26)24-17(14)25/h5-11H,3-4,12H2,1-2H3,(H2,22,23,27)(H,24,25,26). The number of benzene rings is 1. The second kappa shape index (κ2) is 8.80. The van der Waals surface area contributed by atoms with Crippen molar-refractivity contribution in [3.05, 3.63) is 59.4 Å². The Morgan fingerprint density at radius 3 is 2.45 bits per heavy atom. The zero-order valence-electron chi connectivity index (χ0n) is 16.2. The van der Waals surface area contributed by atoms with Gasteiger partial charge >= 0.3 is 6.03 Å². The molecule has 3 rings (SSSR count). The molecule has 0 saturated carbocycles. The summed E-state index contributed by atoms with van der Waals surface area (Å²) in [6.45, 7) is 4.38. The first-order valence-electron chi connectivity index (χ1n) is 9.23. The highest BCUT2D eigenvalue weighted by atomic mass is 16.7. The molecule has 0 atom stereocenters. The molecule has 9 nitrogen and oxygen atoms in total. The molecule has 0 unspecified atom stereocenters. The fourth-order valence-electron chi connectivity index (χ4n) is 3.05. The maximum absolute atomic E-state index is 12.4. The van der Waals surface area contributed by atoms with Crippen LogP contribution in [0.2, 0.25) is 0 Å². The second-order valence-electron chi connectivity index (χ2n) is 6.19. The summed E-state index contributed by atoms with van der Waals surface area (Å²) in [6.07, 6.45) is 1.62. The van der Waals surface area contributed by atoms with Gasteiger partial charge in [-0.15, -0.1) is 0 Å². The number of pyridine rings is 1. The van der Waals surface area contributed by atoms with Crippen LogP contribution in [0.25, 0.3) is 0 Å². The molecule has 2 aromatic rings. The van der Waals surface area contributed by atoms with E-state index in [4.69, 9.17) is 9.47 Å². The van der Waals surface area contributed by atoms with Gasteiger partial charge < -0.3 is 20.1 Å². The van der Waals surface area contributed by atoms with Crippen molar-refractivity contribution in [2.45, 2.75) is 19.6 Å². The Hall–Kier alpha value is -3.30. The van der Waals surface area contributed by atoms with Gasteiger partial charge in [-0.1, -0.05) is 6.07 Å². The van der Waals surface area contributed by atoms with Gasteiger partial charge in [-0.25, -0.2) is 4.79 Å². The minimum absolute atomic E-state index is 0.0153. The van der Waals surface area contributed by atoms with Crippen LogP contribution < -0.4 is 16.0 Å². The van der Waals surface area contributed by atoms with Crippen LogP contribution >= 0.6 is 0 Å². The zero-order chi connectivity index (χ0) is 20.9. The van der Waals surface area contributed by atoms with E-state index in [-0.39, 0.29) is 17.7 Å². The van der Waals surface area contributed by atoms with Gasteiger partial charge in [0.05, 0.1) is 17.7 Å². The van der Waals surface area contributed by atoms with Gasteiger partial charge in [-0.05, 0) is 44.2 Å². The van der Waals surface area contributed by atoms with Crippen LogP contribution in [0.5, 0.6) is 0 Å². The van der Waals surface area contributed by atoms with Gasteiger partial charge in [0, 0.05) is 25.1 Å². The Balaban J connectivity index is 1.71. The number of imide groups is 1. The molecule has 9 heteroatoms. The molecule has 0 bridgehead atoms. The van der Waals surface area contributed by atoms with Crippen molar-refractivity contribution in [2.75, 3.05) is 25.1 Å². The SMILES string of the molecule is CCOC(CNC(=O)Nc1ccc2c(c1)C(=O)NC2=O)(OCC)c1ccccn1. The van der Waals surface area contributed by atoms with E-state index >= 15 is 0 Å². The molecular formula is C20H22N4O5. The quantitative estimate of drug-likeness (QED) is 0.462. The van der Waals surface area contributed by atoms with E-state index < -0.39 is 23.6 Å². The lowest BCUT2D eigenvalue weighted by Crippen LogP contribution is -2.46. The average molecular weight is 398 g/mol. The molecule has 152 valence electrons. The van der Waals surface area contributed by atoms with Crippen LogP contribution in [-0.4, -0.2) is 42.6 Å². The van der Waals surface area contributed by atoms with E-state index in [0.717, 1.165) is 0 Å². The highest BCUT2D eigenvalue weighted by Crippen LogP contribution is 2.25. The number of fused-ring (bicyclic) bond motifs is 1. The lowest BCUT2D eigenvalue weighted by Gasteiger charge is -2.32. The minimum Gasteiger partial charge on any atom is -0.344 e. The van der Waals surface area contributed by atoms with E-state index in [1.54, 1.807) is 24.4 Å². The first-order chi connectivity index (χ1) is 14.0. The number of anilines is 1. The summed E-state index contributed by atoms with van der Waals surface area (Å²) in [7, 11) is 0. The van der Waals surface area contributed by atoms with Gasteiger partial charge in [0.25, 0.3) is 11.8 Å². The van der Waals surface area contributed by atoms with Crippen molar-refractivity contribution in [1.29, 1.82) is 0 Å². The molecule has 0 spiro atoms. The molecule has 1 aliphatic rings. The maximum Gasteiger partial charge on any atom is 0.319 e. The van der Waals surface area contributed by atoms with Gasteiger partial charge in [0.2, 0.25) is 5.79 Å². The number of carbonyl (C=O) groups is 3. The fourth-order valence-corrected chi connectivity index (χ4v) is 3.05. The molecule has 1 aromatic heterocycles. The summed E-state index contributed by atoms with van der Waals surface area (Å²) in [5.41, 5.74) is 1.42. The van der Waals surface area contributed by atoms with Gasteiger partial charge in [0.1, 0.15) is 5.69 Å². The van der Waals surface area contributed by atoms with Crippen molar-refractivity contribution < 1.29 is 23.9 Å². The monoisotopic (exact) mass is 398 g/mol. The third-order valence-electron chi connectivity index (χ3n) is 4.29. The Morgan fingerprint density at radius 1 is 1.07 bits per heavy atom. The van der Waals surface area contributed by atoms with Crippen LogP contribution in [0.15, 0.2) is 42.6 Å². The third-order valence-corrected chi connectivity index (χ3v) is 4.29. The first-order valence-corrected chi connectivity index (χ1v) is 9.23. The number of hydrogen-bond donors (Lipinski definition) is 3. The molecular weight excluding hydrogens is 376 g/mol. The number of urea groups is 1. The lowest BCUT2D eigenvalue weighted by molar-refractivity contribution is -0.240. The number of amides is 4. The smallest absolute Gasteiger partial charge is 0.319 e. The summed E-state index contributed by atoms with van der Waals surface area (Å²) >= 11 is 0. The third kappa shape index (κ3) is 4.41.